The summed E-state index contributed by atoms with van der Waals surface area (Å²) >= 11 is 12.4. The van der Waals surface area contributed by atoms with Gasteiger partial charge in [-0.3, -0.25) is 0 Å². The molecule has 0 atom stereocenters. The summed E-state index contributed by atoms with van der Waals surface area (Å²) in [4.78, 5) is 0. The molecule has 0 aliphatic heterocycles. The van der Waals surface area contributed by atoms with Crippen LogP contribution in [-0.2, 0) is 6.54 Å². The standard InChI is InChI=1S/C14H18Cl2N4/c1-9(2)6-17-7-11-8-20(19-18-11)14-5-12(15)10(3)4-13(14)16/h4-5,8-9,17H,6-7H2,1-3H3. The van der Waals surface area contributed by atoms with Crippen molar-refractivity contribution in [2.24, 2.45) is 5.92 Å². The molecule has 1 aromatic heterocycles. The van der Waals surface area contributed by atoms with Crippen molar-refractivity contribution in [2.45, 2.75) is 27.3 Å². The molecule has 0 saturated carbocycles. The molecule has 1 heterocycles. The SMILES string of the molecule is Cc1cc(Cl)c(-n2cc(CNCC(C)C)nn2)cc1Cl. The summed E-state index contributed by atoms with van der Waals surface area (Å²) in [7, 11) is 0. The van der Waals surface area contributed by atoms with Crippen LogP contribution in [0.5, 0.6) is 0 Å². The molecule has 2 aromatic rings. The van der Waals surface area contributed by atoms with Crippen molar-refractivity contribution >= 4 is 23.2 Å². The molecule has 0 unspecified atom stereocenters. The fourth-order valence-electron chi connectivity index (χ4n) is 1.80. The van der Waals surface area contributed by atoms with Crippen LogP contribution >= 0.6 is 23.2 Å². The average molecular weight is 313 g/mol. The van der Waals surface area contributed by atoms with E-state index in [2.05, 4.69) is 29.5 Å². The van der Waals surface area contributed by atoms with Crippen molar-refractivity contribution in [1.29, 1.82) is 0 Å². The number of aromatic nitrogens is 3. The van der Waals surface area contributed by atoms with Gasteiger partial charge in [-0.05, 0) is 37.1 Å². The molecule has 108 valence electrons. The fourth-order valence-corrected chi connectivity index (χ4v) is 2.26. The quantitative estimate of drug-likeness (QED) is 0.916. The van der Waals surface area contributed by atoms with Gasteiger partial charge in [0.15, 0.2) is 0 Å². The van der Waals surface area contributed by atoms with E-state index in [0.29, 0.717) is 22.5 Å². The molecule has 2 rings (SSSR count). The summed E-state index contributed by atoms with van der Waals surface area (Å²) < 4.78 is 1.65. The Labute approximate surface area is 129 Å². The smallest absolute Gasteiger partial charge is 0.0969 e. The first-order chi connectivity index (χ1) is 9.47. The molecule has 0 aliphatic carbocycles. The highest BCUT2D eigenvalue weighted by molar-refractivity contribution is 6.35. The number of hydrogen-bond donors (Lipinski definition) is 1. The molecule has 0 fully saturated rings. The molecular formula is C14H18Cl2N4. The summed E-state index contributed by atoms with van der Waals surface area (Å²) in [5, 5.41) is 12.8. The summed E-state index contributed by atoms with van der Waals surface area (Å²) in [6, 6.07) is 3.64. The second-order valence-corrected chi connectivity index (χ2v) is 6.05. The zero-order valence-corrected chi connectivity index (χ0v) is 13.3. The van der Waals surface area contributed by atoms with Crippen LogP contribution in [0.25, 0.3) is 5.69 Å². The van der Waals surface area contributed by atoms with Crippen molar-refractivity contribution in [3.63, 3.8) is 0 Å². The van der Waals surface area contributed by atoms with Crippen LogP contribution in [0.15, 0.2) is 18.3 Å². The third kappa shape index (κ3) is 3.72. The maximum absolute atomic E-state index is 6.23. The van der Waals surface area contributed by atoms with Gasteiger partial charge in [0.1, 0.15) is 0 Å². The lowest BCUT2D eigenvalue weighted by molar-refractivity contribution is 0.548. The second-order valence-electron chi connectivity index (χ2n) is 5.23. The zero-order valence-electron chi connectivity index (χ0n) is 11.8. The molecule has 4 nitrogen and oxygen atoms in total. The average Bonchev–Trinajstić information content (AvgIpc) is 2.82. The van der Waals surface area contributed by atoms with E-state index in [1.54, 1.807) is 10.7 Å². The van der Waals surface area contributed by atoms with Gasteiger partial charge in [0.2, 0.25) is 0 Å². The van der Waals surface area contributed by atoms with Gasteiger partial charge in [-0.2, -0.15) is 0 Å². The zero-order chi connectivity index (χ0) is 14.7. The fraction of sp³-hybridized carbons (Fsp3) is 0.429. The molecule has 6 heteroatoms. The third-order valence-corrected chi connectivity index (χ3v) is 3.58. The van der Waals surface area contributed by atoms with E-state index in [1.165, 1.54) is 0 Å². The van der Waals surface area contributed by atoms with E-state index in [9.17, 15) is 0 Å². The van der Waals surface area contributed by atoms with E-state index >= 15 is 0 Å². The highest BCUT2D eigenvalue weighted by Gasteiger charge is 2.09. The molecule has 0 radical (unpaired) electrons. The van der Waals surface area contributed by atoms with E-state index in [1.807, 2.05) is 19.2 Å². The number of rotatable bonds is 5. The van der Waals surface area contributed by atoms with Gasteiger partial charge in [-0.15, -0.1) is 5.10 Å². The van der Waals surface area contributed by atoms with E-state index in [0.717, 1.165) is 23.5 Å². The maximum Gasteiger partial charge on any atom is 0.0969 e. The van der Waals surface area contributed by atoms with Crippen molar-refractivity contribution in [3.8, 4) is 5.69 Å². The minimum atomic E-state index is 0.607. The highest BCUT2D eigenvalue weighted by atomic mass is 35.5. The molecule has 20 heavy (non-hydrogen) atoms. The highest BCUT2D eigenvalue weighted by Crippen LogP contribution is 2.27. The van der Waals surface area contributed by atoms with Gasteiger partial charge in [0, 0.05) is 11.6 Å². The second kappa shape index (κ2) is 6.57. The molecule has 0 saturated heterocycles. The monoisotopic (exact) mass is 312 g/mol. The first kappa shape index (κ1) is 15.3. The van der Waals surface area contributed by atoms with Crippen molar-refractivity contribution in [3.05, 3.63) is 39.6 Å². The molecule has 1 aromatic carbocycles. The van der Waals surface area contributed by atoms with Crippen LogP contribution in [0.1, 0.15) is 25.1 Å². The topological polar surface area (TPSA) is 42.7 Å². The van der Waals surface area contributed by atoms with Crippen LogP contribution in [0.2, 0.25) is 10.0 Å². The van der Waals surface area contributed by atoms with Gasteiger partial charge in [0.25, 0.3) is 0 Å². The number of hydrogen-bond acceptors (Lipinski definition) is 3. The largest absolute Gasteiger partial charge is 0.311 e. The summed E-state index contributed by atoms with van der Waals surface area (Å²) in [6.45, 7) is 7.88. The third-order valence-electron chi connectivity index (χ3n) is 2.87. The lowest BCUT2D eigenvalue weighted by atomic mass is 10.2. The Morgan fingerprint density at radius 3 is 2.70 bits per heavy atom. The lowest BCUT2D eigenvalue weighted by Gasteiger charge is -2.06. The van der Waals surface area contributed by atoms with E-state index in [4.69, 9.17) is 23.2 Å². The van der Waals surface area contributed by atoms with E-state index < -0.39 is 0 Å². The van der Waals surface area contributed by atoms with Crippen molar-refractivity contribution in [1.82, 2.24) is 20.3 Å². The molecule has 0 bridgehead atoms. The van der Waals surface area contributed by atoms with Crippen LogP contribution < -0.4 is 5.32 Å². The maximum atomic E-state index is 6.23. The lowest BCUT2D eigenvalue weighted by Crippen LogP contribution is -2.19. The summed E-state index contributed by atoms with van der Waals surface area (Å²) in [5.41, 5.74) is 2.56. The molecule has 0 aliphatic rings. The van der Waals surface area contributed by atoms with Gasteiger partial charge < -0.3 is 5.32 Å². The normalized spacial score (nSPS) is 11.3. The minimum Gasteiger partial charge on any atom is -0.311 e. The van der Waals surface area contributed by atoms with Gasteiger partial charge in [-0.1, -0.05) is 42.3 Å². The van der Waals surface area contributed by atoms with Crippen LogP contribution in [0, 0.1) is 12.8 Å². The number of halogens is 2. The Balaban J connectivity index is 2.14. The number of benzene rings is 1. The predicted molar refractivity (Wildman–Crippen MR) is 82.7 cm³/mol. The Morgan fingerprint density at radius 2 is 2.00 bits per heavy atom. The molecule has 1 N–H and O–H groups in total. The first-order valence-corrected chi connectivity index (χ1v) is 7.31. The Kier molecular flexibility index (Phi) is 5.02. The van der Waals surface area contributed by atoms with Crippen LogP contribution in [0.4, 0.5) is 0 Å². The number of nitrogens with zero attached hydrogens (tertiary/aromatic N) is 3. The van der Waals surface area contributed by atoms with Gasteiger partial charge in [0.05, 0.1) is 22.6 Å². The molecule has 0 spiro atoms. The van der Waals surface area contributed by atoms with Gasteiger partial charge >= 0.3 is 0 Å². The van der Waals surface area contributed by atoms with Crippen molar-refractivity contribution in [2.75, 3.05) is 6.54 Å². The van der Waals surface area contributed by atoms with Crippen LogP contribution in [-0.4, -0.2) is 21.5 Å². The van der Waals surface area contributed by atoms with Crippen molar-refractivity contribution < 1.29 is 0 Å². The number of aryl methyl sites for hydroxylation is 1. The molecule has 0 amide bonds. The molecular weight excluding hydrogens is 295 g/mol. The Hall–Kier alpha value is -1.10. The number of nitrogens with one attached hydrogen (secondary N) is 1. The van der Waals surface area contributed by atoms with Gasteiger partial charge in [-0.25, -0.2) is 4.68 Å². The summed E-state index contributed by atoms with van der Waals surface area (Å²) in [6.07, 6.45) is 1.86. The van der Waals surface area contributed by atoms with Crippen LogP contribution in [0.3, 0.4) is 0 Å². The Bertz CT molecular complexity index is 593. The Morgan fingerprint density at radius 1 is 1.25 bits per heavy atom. The predicted octanol–water partition coefficient (Wildman–Crippen LogP) is 3.63. The van der Waals surface area contributed by atoms with E-state index in [-0.39, 0.29) is 0 Å². The summed E-state index contributed by atoms with van der Waals surface area (Å²) in [5.74, 6) is 0.607. The first-order valence-electron chi connectivity index (χ1n) is 6.55. The minimum absolute atomic E-state index is 0.607.